The van der Waals surface area contributed by atoms with Gasteiger partial charge in [0.05, 0.1) is 0 Å². The Hall–Kier alpha value is -1.82. The van der Waals surface area contributed by atoms with Gasteiger partial charge in [-0.3, -0.25) is 9.59 Å². The van der Waals surface area contributed by atoms with Gasteiger partial charge < -0.3 is 16.0 Å². The number of H-pyrrole nitrogens is 1. The molecule has 1 aromatic carbocycles. The lowest BCUT2D eigenvalue weighted by Crippen LogP contribution is -2.48. The number of carbonyl (C=O) groups excluding carboxylic acids is 2. The Morgan fingerprint density at radius 1 is 1.38 bits per heavy atom. The molecule has 0 aliphatic rings. The second kappa shape index (κ2) is 6.30. The number of primary amides is 1. The number of nitrogens with two attached hydrogens (primary N) is 1. The van der Waals surface area contributed by atoms with Crippen LogP contribution >= 0.6 is 15.9 Å². The molecule has 1 heterocycles. The number of halogens is 1. The summed E-state index contributed by atoms with van der Waals surface area (Å²) in [5, 5.41) is 3.63. The average Bonchev–Trinajstić information content (AvgIpc) is 2.86. The second-order valence-corrected chi connectivity index (χ2v) is 6.07. The number of rotatable bonds is 5. The first kappa shape index (κ1) is 15.6. The van der Waals surface area contributed by atoms with E-state index in [1.54, 1.807) is 6.07 Å². The first-order valence-corrected chi connectivity index (χ1v) is 7.60. The topological polar surface area (TPSA) is 88.0 Å². The maximum atomic E-state index is 12.3. The molecule has 0 radical (unpaired) electrons. The Kier molecular flexibility index (Phi) is 4.67. The summed E-state index contributed by atoms with van der Waals surface area (Å²) in [6.45, 7) is 3.84. The average molecular weight is 352 g/mol. The van der Waals surface area contributed by atoms with E-state index in [2.05, 4.69) is 26.2 Å². The molecule has 2 aromatic rings. The van der Waals surface area contributed by atoms with Crippen molar-refractivity contribution >= 4 is 38.6 Å². The fourth-order valence-corrected chi connectivity index (χ4v) is 2.55. The third-order valence-electron chi connectivity index (χ3n) is 3.63. The van der Waals surface area contributed by atoms with Gasteiger partial charge in [0.25, 0.3) is 5.91 Å². The van der Waals surface area contributed by atoms with Crippen LogP contribution in [-0.2, 0) is 4.79 Å². The summed E-state index contributed by atoms with van der Waals surface area (Å²) < 4.78 is 0.940. The van der Waals surface area contributed by atoms with E-state index in [0.29, 0.717) is 5.69 Å². The zero-order chi connectivity index (χ0) is 15.6. The number of aromatic nitrogens is 1. The molecule has 0 saturated heterocycles. The standard InChI is InChI=1S/C15H18BrN3O2/c1-3-8(2)13(14(17)20)19-15(21)12-7-9-6-10(16)4-5-11(9)18-12/h4-8,13,18H,3H2,1-2H3,(H2,17,20)(H,19,21). The number of nitrogens with one attached hydrogen (secondary N) is 2. The zero-order valence-corrected chi connectivity index (χ0v) is 13.5. The van der Waals surface area contributed by atoms with Gasteiger partial charge in [-0.25, -0.2) is 0 Å². The smallest absolute Gasteiger partial charge is 0.268 e. The van der Waals surface area contributed by atoms with Crippen molar-refractivity contribution in [2.75, 3.05) is 0 Å². The largest absolute Gasteiger partial charge is 0.368 e. The van der Waals surface area contributed by atoms with Crippen molar-refractivity contribution in [1.29, 1.82) is 0 Å². The first-order valence-electron chi connectivity index (χ1n) is 6.80. The van der Waals surface area contributed by atoms with Crippen molar-refractivity contribution in [3.8, 4) is 0 Å². The molecule has 0 aliphatic carbocycles. The number of aromatic amines is 1. The summed E-state index contributed by atoms with van der Waals surface area (Å²) in [7, 11) is 0. The molecule has 2 amide bonds. The van der Waals surface area contributed by atoms with Crippen molar-refractivity contribution in [2.24, 2.45) is 11.7 Å². The molecule has 5 nitrogen and oxygen atoms in total. The van der Waals surface area contributed by atoms with Gasteiger partial charge in [-0.15, -0.1) is 0 Å². The maximum absolute atomic E-state index is 12.3. The lowest BCUT2D eigenvalue weighted by atomic mass is 9.98. The summed E-state index contributed by atoms with van der Waals surface area (Å²) in [5.74, 6) is -0.854. The minimum atomic E-state index is -0.666. The maximum Gasteiger partial charge on any atom is 0.268 e. The van der Waals surface area contributed by atoms with E-state index in [1.165, 1.54) is 0 Å². The molecule has 0 spiro atoms. The van der Waals surface area contributed by atoms with Gasteiger partial charge in [0.2, 0.25) is 5.91 Å². The SMILES string of the molecule is CCC(C)C(NC(=O)c1cc2cc(Br)ccc2[nH]1)C(N)=O. The van der Waals surface area contributed by atoms with Crippen LogP contribution in [0, 0.1) is 5.92 Å². The molecule has 0 aliphatic heterocycles. The minimum absolute atomic E-state index is 0.00928. The molecule has 21 heavy (non-hydrogen) atoms. The Morgan fingerprint density at radius 2 is 2.10 bits per heavy atom. The lowest BCUT2D eigenvalue weighted by Gasteiger charge is -2.20. The Morgan fingerprint density at radius 3 is 2.71 bits per heavy atom. The van der Waals surface area contributed by atoms with E-state index in [0.717, 1.165) is 21.8 Å². The molecular weight excluding hydrogens is 334 g/mol. The van der Waals surface area contributed by atoms with Gasteiger partial charge in [0.15, 0.2) is 0 Å². The van der Waals surface area contributed by atoms with Crippen molar-refractivity contribution in [2.45, 2.75) is 26.3 Å². The molecule has 112 valence electrons. The Balaban J connectivity index is 2.23. The van der Waals surface area contributed by atoms with Gasteiger partial charge in [-0.05, 0) is 30.2 Å². The van der Waals surface area contributed by atoms with Crippen LogP contribution in [0.5, 0.6) is 0 Å². The Bertz CT molecular complexity index is 681. The molecule has 4 N–H and O–H groups in total. The van der Waals surface area contributed by atoms with E-state index in [-0.39, 0.29) is 11.8 Å². The van der Waals surface area contributed by atoms with Crippen LogP contribution in [0.3, 0.4) is 0 Å². The van der Waals surface area contributed by atoms with Crippen molar-refractivity contribution in [3.63, 3.8) is 0 Å². The van der Waals surface area contributed by atoms with Gasteiger partial charge in [-0.1, -0.05) is 36.2 Å². The number of benzene rings is 1. The normalized spacial score (nSPS) is 13.9. The molecule has 0 bridgehead atoms. The third kappa shape index (κ3) is 3.44. The zero-order valence-electron chi connectivity index (χ0n) is 11.9. The molecular formula is C15H18BrN3O2. The van der Waals surface area contributed by atoms with E-state index in [4.69, 9.17) is 5.73 Å². The summed E-state index contributed by atoms with van der Waals surface area (Å²) in [6, 6.07) is 6.79. The van der Waals surface area contributed by atoms with Gasteiger partial charge in [-0.2, -0.15) is 0 Å². The summed E-state index contributed by atoms with van der Waals surface area (Å²) >= 11 is 3.39. The number of amides is 2. The first-order chi connectivity index (χ1) is 9.92. The number of carbonyl (C=O) groups is 2. The molecule has 2 unspecified atom stereocenters. The van der Waals surface area contributed by atoms with Gasteiger partial charge in [0.1, 0.15) is 11.7 Å². The summed E-state index contributed by atoms with van der Waals surface area (Å²) in [6.07, 6.45) is 0.757. The van der Waals surface area contributed by atoms with Crippen LogP contribution in [0.2, 0.25) is 0 Å². The van der Waals surface area contributed by atoms with Crippen LogP contribution in [0.15, 0.2) is 28.7 Å². The van der Waals surface area contributed by atoms with Gasteiger partial charge >= 0.3 is 0 Å². The monoisotopic (exact) mass is 351 g/mol. The Labute approximate surface area is 131 Å². The molecule has 0 fully saturated rings. The second-order valence-electron chi connectivity index (χ2n) is 5.15. The quantitative estimate of drug-likeness (QED) is 0.772. The molecule has 2 rings (SSSR count). The van der Waals surface area contributed by atoms with Crippen molar-refractivity contribution in [3.05, 3.63) is 34.4 Å². The highest BCUT2D eigenvalue weighted by Crippen LogP contribution is 2.20. The fraction of sp³-hybridized carbons (Fsp3) is 0.333. The third-order valence-corrected chi connectivity index (χ3v) is 4.13. The molecule has 6 heteroatoms. The highest BCUT2D eigenvalue weighted by molar-refractivity contribution is 9.10. The molecule has 1 aromatic heterocycles. The predicted molar refractivity (Wildman–Crippen MR) is 85.9 cm³/mol. The molecule has 0 saturated carbocycles. The summed E-state index contributed by atoms with van der Waals surface area (Å²) in [4.78, 5) is 26.8. The van der Waals surface area contributed by atoms with Crippen LogP contribution in [0.1, 0.15) is 30.8 Å². The number of fused-ring (bicyclic) bond motifs is 1. The van der Waals surface area contributed by atoms with Crippen molar-refractivity contribution in [1.82, 2.24) is 10.3 Å². The van der Waals surface area contributed by atoms with Crippen molar-refractivity contribution < 1.29 is 9.59 Å². The van der Waals surface area contributed by atoms with Gasteiger partial charge in [0, 0.05) is 15.4 Å². The fourth-order valence-electron chi connectivity index (χ4n) is 2.17. The van der Waals surface area contributed by atoms with E-state index in [9.17, 15) is 9.59 Å². The lowest BCUT2D eigenvalue weighted by molar-refractivity contribution is -0.120. The van der Waals surface area contributed by atoms with Crippen LogP contribution < -0.4 is 11.1 Å². The van der Waals surface area contributed by atoms with Crippen LogP contribution in [0.25, 0.3) is 10.9 Å². The highest BCUT2D eigenvalue weighted by atomic mass is 79.9. The minimum Gasteiger partial charge on any atom is -0.368 e. The van der Waals surface area contributed by atoms with E-state index in [1.807, 2.05) is 32.0 Å². The summed E-state index contributed by atoms with van der Waals surface area (Å²) in [5.41, 5.74) is 6.64. The van der Waals surface area contributed by atoms with Crippen LogP contribution in [-0.4, -0.2) is 22.8 Å². The van der Waals surface area contributed by atoms with Crippen LogP contribution in [0.4, 0.5) is 0 Å². The van der Waals surface area contributed by atoms with E-state index >= 15 is 0 Å². The number of hydrogen-bond donors (Lipinski definition) is 3. The molecule has 2 atom stereocenters. The highest BCUT2D eigenvalue weighted by Gasteiger charge is 2.24. The van der Waals surface area contributed by atoms with E-state index < -0.39 is 11.9 Å². The predicted octanol–water partition coefficient (Wildman–Crippen LogP) is 2.56. The number of hydrogen-bond acceptors (Lipinski definition) is 2.